The van der Waals surface area contributed by atoms with Crippen molar-refractivity contribution in [2.24, 2.45) is 5.92 Å². The SMILES string of the molecule is Cc1cc(C)n(C2CN(C(=O)CN3C(=O)OCC3C(C)C)C2)n1. The third-order valence-corrected chi connectivity index (χ3v) is 4.69. The molecule has 1 unspecified atom stereocenters. The largest absolute Gasteiger partial charge is 0.447 e. The molecule has 2 saturated heterocycles. The van der Waals surface area contributed by atoms with E-state index in [1.165, 1.54) is 0 Å². The van der Waals surface area contributed by atoms with Crippen LogP contribution >= 0.6 is 0 Å². The molecule has 3 heterocycles. The number of nitrogens with zero attached hydrogens (tertiary/aromatic N) is 4. The third kappa shape index (κ3) is 2.92. The number of likely N-dealkylation sites (tertiary alicyclic amines) is 1. The van der Waals surface area contributed by atoms with Crippen molar-refractivity contribution in [1.29, 1.82) is 0 Å². The monoisotopic (exact) mass is 320 g/mol. The summed E-state index contributed by atoms with van der Waals surface area (Å²) in [5, 5.41) is 4.47. The van der Waals surface area contributed by atoms with Crippen molar-refractivity contribution in [3.8, 4) is 0 Å². The van der Waals surface area contributed by atoms with Gasteiger partial charge in [-0.15, -0.1) is 0 Å². The molecule has 126 valence electrons. The minimum atomic E-state index is -0.382. The molecule has 0 spiro atoms. The van der Waals surface area contributed by atoms with Gasteiger partial charge in [0.2, 0.25) is 5.91 Å². The molecule has 1 atom stereocenters. The van der Waals surface area contributed by atoms with Crippen LogP contribution in [0.1, 0.15) is 31.3 Å². The lowest BCUT2D eigenvalue weighted by Crippen LogP contribution is -2.55. The second-order valence-corrected chi connectivity index (χ2v) is 6.84. The van der Waals surface area contributed by atoms with Crippen LogP contribution in [0.3, 0.4) is 0 Å². The number of cyclic esters (lactones) is 1. The molecule has 2 aliphatic heterocycles. The summed E-state index contributed by atoms with van der Waals surface area (Å²) in [6.45, 7) is 9.84. The molecule has 7 heteroatoms. The standard InChI is InChI=1S/C16H24N4O3/c1-10(2)14-9-23-16(22)19(14)8-15(21)18-6-13(7-18)20-12(4)5-11(3)17-20/h5,10,13-14H,6-9H2,1-4H3. The van der Waals surface area contributed by atoms with Gasteiger partial charge in [0.05, 0.1) is 17.8 Å². The van der Waals surface area contributed by atoms with Crippen molar-refractivity contribution in [3.63, 3.8) is 0 Å². The van der Waals surface area contributed by atoms with Crippen molar-refractivity contribution in [3.05, 3.63) is 17.5 Å². The average molecular weight is 320 g/mol. The normalized spacial score (nSPS) is 21.8. The van der Waals surface area contributed by atoms with Crippen molar-refractivity contribution in [2.75, 3.05) is 26.2 Å². The number of ether oxygens (including phenoxy) is 1. The van der Waals surface area contributed by atoms with E-state index >= 15 is 0 Å². The van der Waals surface area contributed by atoms with E-state index in [1.807, 2.05) is 38.4 Å². The summed E-state index contributed by atoms with van der Waals surface area (Å²) in [5.41, 5.74) is 2.11. The van der Waals surface area contributed by atoms with Gasteiger partial charge in [0.1, 0.15) is 13.2 Å². The van der Waals surface area contributed by atoms with E-state index in [2.05, 4.69) is 5.10 Å². The van der Waals surface area contributed by atoms with Gasteiger partial charge in [-0.3, -0.25) is 14.4 Å². The van der Waals surface area contributed by atoms with Gasteiger partial charge in [0.25, 0.3) is 0 Å². The predicted molar refractivity (Wildman–Crippen MR) is 84.0 cm³/mol. The zero-order valence-corrected chi connectivity index (χ0v) is 14.2. The highest BCUT2D eigenvalue weighted by atomic mass is 16.6. The Morgan fingerprint density at radius 3 is 2.65 bits per heavy atom. The first-order valence-corrected chi connectivity index (χ1v) is 8.10. The number of hydrogen-bond donors (Lipinski definition) is 0. The molecule has 2 fully saturated rings. The van der Waals surface area contributed by atoms with Gasteiger partial charge in [0, 0.05) is 18.8 Å². The maximum Gasteiger partial charge on any atom is 0.410 e. The van der Waals surface area contributed by atoms with Crippen LogP contribution in [0, 0.1) is 19.8 Å². The molecule has 7 nitrogen and oxygen atoms in total. The van der Waals surface area contributed by atoms with Crippen molar-refractivity contribution in [1.82, 2.24) is 19.6 Å². The molecule has 0 N–H and O–H groups in total. The Morgan fingerprint density at radius 1 is 1.39 bits per heavy atom. The molecule has 0 radical (unpaired) electrons. The van der Waals surface area contributed by atoms with E-state index in [9.17, 15) is 9.59 Å². The number of hydrogen-bond acceptors (Lipinski definition) is 4. The number of carbonyl (C=O) groups excluding carboxylic acids is 2. The highest BCUT2D eigenvalue weighted by Gasteiger charge is 2.39. The Hall–Kier alpha value is -2.05. The second-order valence-electron chi connectivity index (χ2n) is 6.84. The van der Waals surface area contributed by atoms with Crippen LogP contribution in [0.15, 0.2) is 6.07 Å². The molecule has 0 saturated carbocycles. The zero-order valence-electron chi connectivity index (χ0n) is 14.2. The predicted octanol–water partition coefficient (Wildman–Crippen LogP) is 1.36. The Labute approximate surface area is 136 Å². The summed E-state index contributed by atoms with van der Waals surface area (Å²) in [6, 6.07) is 2.26. The van der Waals surface area contributed by atoms with Gasteiger partial charge in [-0.1, -0.05) is 13.8 Å². The maximum atomic E-state index is 12.4. The topological polar surface area (TPSA) is 67.7 Å². The number of rotatable bonds is 4. The first kappa shape index (κ1) is 15.8. The summed E-state index contributed by atoms with van der Waals surface area (Å²) in [4.78, 5) is 27.6. The fourth-order valence-corrected chi connectivity index (χ4v) is 3.27. The third-order valence-electron chi connectivity index (χ3n) is 4.69. The van der Waals surface area contributed by atoms with Crippen LogP contribution < -0.4 is 0 Å². The summed E-state index contributed by atoms with van der Waals surface area (Å²) in [6.07, 6.45) is -0.382. The van der Waals surface area contributed by atoms with Gasteiger partial charge < -0.3 is 9.64 Å². The molecule has 3 rings (SSSR count). The molecule has 1 aromatic rings. The van der Waals surface area contributed by atoms with Crippen molar-refractivity contribution in [2.45, 2.75) is 39.8 Å². The molecular formula is C16H24N4O3. The van der Waals surface area contributed by atoms with Crippen molar-refractivity contribution < 1.29 is 14.3 Å². The quantitative estimate of drug-likeness (QED) is 0.840. The number of amides is 2. The van der Waals surface area contributed by atoms with Gasteiger partial charge in [0.15, 0.2) is 0 Å². The van der Waals surface area contributed by atoms with Crippen LogP contribution in [0.25, 0.3) is 0 Å². The van der Waals surface area contributed by atoms with Crippen LogP contribution in [-0.2, 0) is 9.53 Å². The van der Waals surface area contributed by atoms with Gasteiger partial charge in [-0.2, -0.15) is 5.10 Å². The fraction of sp³-hybridized carbons (Fsp3) is 0.688. The Kier molecular flexibility index (Phi) is 4.04. The van der Waals surface area contributed by atoms with Crippen LogP contribution in [0.2, 0.25) is 0 Å². The van der Waals surface area contributed by atoms with Gasteiger partial charge in [-0.25, -0.2) is 4.79 Å². The zero-order chi connectivity index (χ0) is 16.7. The number of aryl methyl sites for hydroxylation is 2. The second kappa shape index (κ2) is 5.86. The van der Waals surface area contributed by atoms with Crippen molar-refractivity contribution >= 4 is 12.0 Å². The smallest absolute Gasteiger partial charge is 0.410 e. The minimum absolute atomic E-state index is 0.0143. The van der Waals surface area contributed by atoms with Crippen LogP contribution in [0.4, 0.5) is 4.79 Å². The van der Waals surface area contributed by atoms with E-state index in [0.717, 1.165) is 11.4 Å². The highest BCUT2D eigenvalue weighted by molar-refractivity contribution is 5.83. The summed E-state index contributed by atoms with van der Waals surface area (Å²) in [5.74, 6) is 0.250. The highest BCUT2D eigenvalue weighted by Crippen LogP contribution is 2.24. The lowest BCUT2D eigenvalue weighted by molar-refractivity contribution is -0.138. The van der Waals surface area contributed by atoms with Crippen LogP contribution in [0.5, 0.6) is 0 Å². The molecule has 1 aromatic heterocycles. The van der Waals surface area contributed by atoms with E-state index in [0.29, 0.717) is 19.7 Å². The first-order valence-electron chi connectivity index (χ1n) is 8.10. The molecule has 0 aliphatic carbocycles. The molecule has 0 bridgehead atoms. The molecule has 2 amide bonds. The van der Waals surface area contributed by atoms with Gasteiger partial charge in [-0.05, 0) is 25.8 Å². The average Bonchev–Trinajstić information content (AvgIpc) is 2.92. The van der Waals surface area contributed by atoms with E-state index in [-0.39, 0.29) is 36.5 Å². The number of carbonyl (C=O) groups is 2. The molecular weight excluding hydrogens is 296 g/mol. The van der Waals surface area contributed by atoms with Crippen LogP contribution in [-0.4, -0.2) is 63.9 Å². The Bertz CT molecular complexity index is 619. The summed E-state index contributed by atoms with van der Waals surface area (Å²) < 4.78 is 7.07. The number of aromatic nitrogens is 2. The minimum Gasteiger partial charge on any atom is -0.447 e. The van der Waals surface area contributed by atoms with E-state index in [1.54, 1.807) is 9.80 Å². The van der Waals surface area contributed by atoms with Gasteiger partial charge >= 0.3 is 6.09 Å². The fourth-order valence-electron chi connectivity index (χ4n) is 3.27. The lowest BCUT2D eigenvalue weighted by atomic mass is 10.0. The lowest BCUT2D eigenvalue weighted by Gasteiger charge is -2.40. The Balaban J connectivity index is 1.56. The summed E-state index contributed by atoms with van der Waals surface area (Å²) >= 11 is 0. The molecule has 2 aliphatic rings. The molecule has 0 aromatic carbocycles. The maximum absolute atomic E-state index is 12.4. The Morgan fingerprint density at radius 2 is 2.09 bits per heavy atom. The summed E-state index contributed by atoms with van der Waals surface area (Å²) in [7, 11) is 0. The molecule has 23 heavy (non-hydrogen) atoms. The van der Waals surface area contributed by atoms with E-state index in [4.69, 9.17) is 4.74 Å². The first-order chi connectivity index (χ1) is 10.9. The van der Waals surface area contributed by atoms with E-state index < -0.39 is 0 Å².